The number of carbonyl (C=O) groups is 1. The first-order valence-electron chi connectivity index (χ1n) is 9.73. The molecule has 27 heavy (non-hydrogen) atoms. The molecule has 1 heterocycles. The number of rotatable bonds is 9. The van der Waals surface area contributed by atoms with Crippen molar-refractivity contribution in [1.82, 2.24) is 14.9 Å². The number of amides is 1. The van der Waals surface area contributed by atoms with Crippen LogP contribution in [0.5, 0.6) is 0 Å². The first-order valence-corrected chi connectivity index (χ1v) is 10.7. The van der Waals surface area contributed by atoms with Gasteiger partial charge in [-0.25, -0.2) is 4.98 Å². The van der Waals surface area contributed by atoms with E-state index in [9.17, 15) is 9.59 Å². The molecule has 0 fully saturated rings. The van der Waals surface area contributed by atoms with Crippen molar-refractivity contribution in [3.63, 3.8) is 0 Å². The molecule has 0 unspecified atom stereocenters. The molecule has 0 aliphatic heterocycles. The van der Waals surface area contributed by atoms with Crippen LogP contribution in [0.3, 0.4) is 0 Å². The first kappa shape index (κ1) is 21.5. The Hall–Kier alpha value is -1.82. The largest absolute Gasteiger partial charge is 0.353 e. The fraction of sp³-hybridized carbons (Fsp3) is 0.571. The second-order valence-corrected chi connectivity index (χ2v) is 8.71. The van der Waals surface area contributed by atoms with E-state index in [4.69, 9.17) is 4.98 Å². The van der Waals surface area contributed by atoms with Crippen LogP contribution in [0.1, 0.15) is 59.9 Å². The van der Waals surface area contributed by atoms with Gasteiger partial charge in [0.1, 0.15) is 0 Å². The highest BCUT2D eigenvalue weighted by Crippen LogP contribution is 2.24. The lowest BCUT2D eigenvalue weighted by Crippen LogP contribution is -2.32. The molecule has 1 aromatic carbocycles. The number of para-hydroxylation sites is 1. The number of hydrogen-bond donors (Lipinski definition) is 1. The predicted molar refractivity (Wildman–Crippen MR) is 113 cm³/mol. The molecule has 0 aliphatic rings. The Morgan fingerprint density at radius 2 is 1.85 bits per heavy atom. The molecule has 1 aromatic heterocycles. The molecule has 148 valence electrons. The molecule has 0 radical (unpaired) electrons. The molecule has 0 spiro atoms. The number of carbonyl (C=O) groups excluding carboxylic acids is 1. The summed E-state index contributed by atoms with van der Waals surface area (Å²) in [5, 5.41) is 4.13. The van der Waals surface area contributed by atoms with Crippen LogP contribution < -0.4 is 10.9 Å². The maximum Gasteiger partial charge on any atom is 0.262 e. The van der Waals surface area contributed by atoms with Gasteiger partial charge in [0, 0.05) is 12.1 Å². The van der Waals surface area contributed by atoms with E-state index in [-0.39, 0.29) is 29.3 Å². The minimum atomic E-state index is -0.0450. The molecule has 5 nitrogen and oxygen atoms in total. The molecule has 2 rings (SSSR count). The van der Waals surface area contributed by atoms with Crippen LogP contribution >= 0.6 is 11.8 Å². The van der Waals surface area contributed by atoms with Gasteiger partial charge in [-0.3, -0.25) is 14.2 Å². The van der Waals surface area contributed by atoms with Gasteiger partial charge in [-0.05, 0) is 45.2 Å². The summed E-state index contributed by atoms with van der Waals surface area (Å²) in [6, 6.07) is 7.56. The second-order valence-electron chi connectivity index (χ2n) is 7.77. The molecule has 0 saturated carbocycles. The normalized spacial score (nSPS) is 12.7. The number of hydrogen-bond acceptors (Lipinski definition) is 4. The number of benzene rings is 1. The fourth-order valence-electron chi connectivity index (χ4n) is 3.06. The minimum Gasteiger partial charge on any atom is -0.353 e. The first-order chi connectivity index (χ1) is 12.8. The molecule has 1 amide bonds. The van der Waals surface area contributed by atoms with Crippen molar-refractivity contribution in [2.24, 2.45) is 5.92 Å². The van der Waals surface area contributed by atoms with Crippen LogP contribution in [-0.2, 0) is 4.79 Å². The standard InChI is InChI=1S/C21H31N3O2S/c1-14(2)9-8-10-16(5)24-20(26)17-11-6-7-12-18(17)23-21(24)27-13-19(25)22-15(3)4/h6-7,11-12,14-16H,8-10,13H2,1-5H3,(H,22,25)/t16-/m0/s1. The van der Waals surface area contributed by atoms with Gasteiger partial charge >= 0.3 is 0 Å². The Bertz CT molecular complexity index is 830. The van der Waals surface area contributed by atoms with E-state index >= 15 is 0 Å². The molecule has 1 N–H and O–H groups in total. The highest BCUT2D eigenvalue weighted by molar-refractivity contribution is 7.99. The van der Waals surface area contributed by atoms with Gasteiger partial charge in [0.15, 0.2) is 5.16 Å². The van der Waals surface area contributed by atoms with Crippen LogP contribution in [0, 0.1) is 5.92 Å². The fourth-order valence-corrected chi connectivity index (χ4v) is 3.97. The van der Waals surface area contributed by atoms with Crippen molar-refractivity contribution in [2.75, 3.05) is 5.75 Å². The van der Waals surface area contributed by atoms with E-state index in [1.165, 1.54) is 11.8 Å². The zero-order valence-electron chi connectivity index (χ0n) is 17.0. The van der Waals surface area contributed by atoms with Crippen molar-refractivity contribution in [3.8, 4) is 0 Å². The summed E-state index contributed by atoms with van der Waals surface area (Å²) in [6.07, 6.45) is 3.12. The Morgan fingerprint density at radius 1 is 1.15 bits per heavy atom. The molecule has 0 aliphatic carbocycles. The van der Waals surface area contributed by atoms with Gasteiger partial charge in [-0.1, -0.05) is 50.6 Å². The number of nitrogens with zero attached hydrogens (tertiary/aromatic N) is 2. The summed E-state index contributed by atoms with van der Waals surface area (Å²) in [5.41, 5.74) is 0.657. The topological polar surface area (TPSA) is 64.0 Å². The van der Waals surface area contributed by atoms with Crippen LogP contribution in [0.2, 0.25) is 0 Å². The quantitative estimate of drug-likeness (QED) is 0.510. The zero-order valence-corrected chi connectivity index (χ0v) is 17.8. The molecule has 1 atom stereocenters. The summed E-state index contributed by atoms with van der Waals surface area (Å²) in [5.74, 6) is 0.857. The number of nitrogens with one attached hydrogen (secondary N) is 1. The predicted octanol–water partition coefficient (Wildman–Crippen LogP) is 4.40. The van der Waals surface area contributed by atoms with Gasteiger partial charge < -0.3 is 5.32 Å². The monoisotopic (exact) mass is 389 g/mol. The van der Waals surface area contributed by atoms with Crippen molar-refractivity contribution < 1.29 is 4.79 Å². The Kier molecular flexibility index (Phi) is 7.90. The lowest BCUT2D eigenvalue weighted by atomic mass is 10.0. The molecular weight excluding hydrogens is 358 g/mol. The SMILES string of the molecule is CC(C)CCC[C@H](C)n1c(SCC(=O)NC(C)C)nc2ccccc2c1=O. The summed E-state index contributed by atoms with van der Waals surface area (Å²) < 4.78 is 1.77. The van der Waals surface area contributed by atoms with Gasteiger partial charge in [-0.15, -0.1) is 0 Å². The van der Waals surface area contributed by atoms with Gasteiger partial charge in [0.2, 0.25) is 5.91 Å². The lowest BCUT2D eigenvalue weighted by molar-refractivity contribution is -0.119. The van der Waals surface area contributed by atoms with Gasteiger partial charge in [0.25, 0.3) is 5.56 Å². The van der Waals surface area contributed by atoms with Crippen molar-refractivity contribution in [1.29, 1.82) is 0 Å². The molecule has 0 saturated heterocycles. The second kappa shape index (κ2) is 9.93. The third kappa shape index (κ3) is 6.09. The van der Waals surface area contributed by atoms with Crippen LogP contribution in [0.15, 0.2) is 34.2 Å². The summed E-state index contributed by atoms with van der Waals surface area (Å²) in [7, 11) is 0. The third-order valence-corrected chi connectivity index (χ3v) is 5.35. The van der Waals surface area contributed by atoms with E-state index in [1.54, 1.807) is 4.57 Å². The van der Waals surface area contributed by atoms with E-state index in [1.807, 2.05) is 38.1 Å². The van der Waals surface area contributed by atoms with E-state index in [0.717, 1.165) is 19.3 Å². The number of fused-ring (bicyclic) bond motifs is 1. The van der Waals surface area contributed by atoms with Crippen LogP contribution in [0.25, 0.3) is 10.9 Å². The van der Waals surface area contributed by atoms with Gasteiger partial charge in [0.05, 0.1) is 16.7 Å². The molecule has 0 bridgehead atoms. The Balaban J connectivity index is 2.31. The highest BCUT2D eigenvalue weighted by atomic mass is 32.2. The summed E-state index contributed by atoms with van der Waals surface area (Å²) in [6.45, 7) is 10.4. The smallest absolute Gasteiger partial charge is 0.262 e. The van der Waals surface area contributed by atoms with Crippen molar-refractivity contribution in [3.05, 3.63) is 34.6 Å². The van der Waals surface area contributed by atoms with Gasteiger partial charge in [-0.2, -0.15) is 0 Å². The molecule has 2 aromatic rings. The minimum absolute atomic E-state index is 0.0237. The zero-order chi connectivity index (χ0) is 20.0. The van der Waals surface area contributed by atoms with E-state index in [2.05, 4.69) is 26.1 Å². The Morgan fingerprint density at radius 3 is 2.52 bits per heavy atom. The highest BCUT2D eigenvalue weighted by Gasteiger charge is 2.17. The van der Waals surface area contributed by atoms with Crippen LogP contribution in [-0.4, -0.2) is 27.3 Å². The average Bonchev–Trinajstić information content (AvgIpc) is 2.59. The van der Waals surface area contributed by atoms with E-state index in [0.29, 0.717) is 22.0 Å². The summed E-state index contributed by atoms with van der Waals surface area (Å²) in [4.78, 5) is 29.9. The van der Waals surface area contributed by atoms with Crippen molar-refractivity contribution >= 4 is 28.6 Å². The molecular formula is C21H31N3O2S. The number of thioether (sulfide) groups is 1. The maximum atomic E-state index is 13.1. The Labute approximate surface area is 166 Å². The molecule has 6 heteroatoms. The lowest BCUT2D eigenvalue weighted by Gasteiger charge is -2.20. The maximum absolute atomic E-state index is 13.1. The van der Waals surface area contributed by atoms with E-state index < -0.39 is 0 Å². The summed E-state index contributed by atoms with van der Waals surface area (Å²) >= 11 is 1.33. The number of aromatic nitrogens is 2. The average molecular weight is 390 g/mol. The van der Waals surface area contributed by atoms with Crippen molar-refractivity contribution in [2.45, 2.75) is 71.1 Å². The third-order valence-electron chi connectivity index (χ3n) is 4.40. The van der Waals surface area contributed by atoms with Crippen LogP contribution in [0.4, 0.5) is 0 Å².